The molecule has 0 radical (unpaired) electrons. The summed E-state index contributed by atoms with van der Waals surface area (Å²) in [4.78, 5) is 4.45. The second-order valence-corrected chi connectivity index (χ2v) is 12.8. The van der Waals surface area contributed by atoms with Gasteiger partial charge < -0.3 is 13.7 Å². The van der Waals surface area contributed by atoms with E-state index in [9.17, 15) is 5.26 Å². The predicted molar refractivity (Wildman–Crippen MR) is 207 cm³/mol. The monoisotopic (exact) mass is 639 g/mol. The fraction of sp³-hybridized carbons (Fsp3) is 0.0222. The van der Waals surface area contributed by atoms with Crippen molar-refractivity contribution in [1.29, 1.82) is 5.26 Å². The zero-order valence-corrected chi connectivity index (χ0v) is 27.1. The van der Waals surface area contributed by atoms with E-state index in [1.54, 1.807) is 0 Å². The predicted octanol–water partition coefficient (Wildman–Crippen LogP) is 11.1. The fourth-order valence-electron chi connectivity index (χ4n) is 8.16. The normalized spacial score (nSPS) is 11.7. The summed E-state index contributed by atoms with van der Waals surface area (Å²) >= 11 is 0. The van der Waals surface area contributed by atoms with Crippen molar-refractivity contribution in [3.8, 4) is 23.1 Å². The molecule has 0 aliphatic carbocycles. The highest BCUT2D eigenvalue weighted by atomic mass is 15.0. The third kappa shape index (κ3) is 3.85. The number of hydrogen-bond donors (Lipinski definition) is 0. The SMILES string of the molecule is C=NCc1cc2c3ccc4c(c5ccccc5n4-c4ccccc4)c3n(-c3ccccc3)c2c2c3ccccc3n(-c3ccc(C#N)cc3)c12. The van der Waals surface area contributed by atoms with E-state index in [0.717, 1.165) is 50.1 Å². The molecule has 0 atom stereocenters. The quantitative estimate of drug-likeness (QED) is 0.173. The Balaban J connectivity index is 1.48. The lowest BCUT2D eigenvalue weighted by Gasteiger charge is -2.13. The smallest absolute Gasteiger partial charge is 0.0991 e. The van der Waals surface area contributed by atoms with Crippen molar-refractivity contribution in [2.45, 2.75) is 6.54 Å². The van der Waals surface area contributed by atoms with Gasteiger partial charge >= 0.3 is 0 Å². The second-order valence-electron chi connectivity index (χ2n) is 12.8. The van der Waals surface area contributed by atoms with E-state index in [-0.39, 0.29) is 0 Å². The van der Waals surface area contributed by atoms with Crippen molar-refractivity contribution < 1.29 is 0 Å². The molecule has 0 N–H and O–H groups in total. The number of para-hydroxylation sites is 4. The standard InChI is InChI=1S/C45H29N5/c1-47-28-30-26-37-34-24-25-40-41(35-16-8-10-18-38(35)48(40)31-12-4-2-5-13-31)44(34)50(32-14-6-3-7-15-32)45(37)42-36-17-9-11-19-39(36)49(43(30)42)33-22-20-29(27-46)21-23-33/h2-26H,1,28H2. The van der Waals surface area contributed by atoms with Gasteiger partial charge in [-0.1, -0.05) is 78.9 Å². The van der Waals surface area contributed by atoms with Gasteiger partial charge in [0.1, 0.15) is 0 Å². The third-order valence-electron chi connectivity index (χ3n) is 10.1. The molecule has 50 heavy (non-hydrogen) atoms. The Morgan fingerprint density at radius 2 is 1.04 bits per heavy atom. The molecule has 0 bridgehead atoms. The summed E-state index contributed by atoms with van der Waals surface area (Å²) in [6, 6.07) is 55.8. The molecule has 5 heteroatoms. The van der Waals surface area contributed by atoms with Crippen LogP contribution in [-0.2, 0) is 6.54 Å². The van der Waals surface area contributed by atoms with Gasteiger partial charge in [-0.05, 0) is 85.1 Å². The topological polar surface area (TPSA) is 50.9 Å². The van der Waals surface area contributed by atoms with Gasteiger partial charge in [-0.15, -0.1) is 0 Å². The Morgan fingerprint density at radius 1 is 0.480 bits per heavy atom. The highest BCUT2D eigenvalue weighted by molar-refractivity contribution is 6.32. The summed E-state index contributed by atoms with van der Waals surface area (Å²) in [5, 5.41) is 16.7. The number of nitriles is 1. The summed E-state index contributed by atoms with van der Waals surface area (Å²) in [6.45, 7) is 4.41. The Bertz CT molecular complexity index is 3010. The lowest BCUT2D eigenvalue weighted by atomic mass is 10.0. The molecule has 10 aromatic rings. The first-order valence-electron chi connectivity index (χ1n) is 16.8. The molecule has 0 aliphatic rings. The summed E-state index contributed by atoms with van der Waals surface area (Å²) in [5.74, 6) is 0. The van der Waals surface area contributed by atoms with E-state index >= 15 is 0 Å². The lowest BCUT2D eigenvalue weighted by molar-refractivity contribution is 1.07. The molecule has 3 aromatic heterocycles. The average molecular weight is 640 g/mol. The van der Waals surface area contributed by atoms with Gasteiger partial charge in [0.2, 0.25) is 0 Å². The zero-order chi connectivity index (χ0) is 33.3. The number of rotatable bonds is 5. The zero-order valence-electron chi connectivity index (χ0n) is 27.1. The Hall–Kier alpha value is -6.90. The van der Waals surface area contributed by atoms with Gasteiger partial charge in [0, 0.05) is 49.4 Å². The molecule has 3 heterocycles. The van der Waals surface area contributed by atoms with Crippen LogP contribution in [0.5, 0.6) is 0 Å². The third-order valence-corrected chi connectivity index (χ3v) is 10.1. The van der Waals surface area contributed by atoms with Gasteiger partial charge in [0.05, 0.1) is 51.3 Å². The Morgan fingerprint density at radius 3 is 1.70 bits per heavy atom. The number of benzene rings is 7. The molecule has 10 rings (SSSR count). The average Bonchev–Trinajstić information content (AvgIpc) is 3.82. The van der Waals surface area contributed by atoms with E-state index in [1.807, 2.05) is 24.3 Å². The lowest BCUT2D eigenvalue weighted by Crippen LogP contribution is -1.99. The van der Waals surface area contributed by atoms with Crippen LogP contribution in [0.3, 0.4) is 0 Å². The number of hydrogen-bond acceptors (Lipinski definition) is 2. The van der Waals surface area contributed by atoms with Crippen molar-refractivity contribution in [1.82, 2.24) is 13.7 Å². The van der Waals surface area contributed by atoms with Crippen LogP contribution in [0.1, 0.15) is 11.1 Å². The second kappa shape index (κ2) is 10.8. The highest BCUT2D eigenvalue weighted by Gasteiger charge is 2.26. The Kier molecular flexibility index (Phi) is 6.09. The van der Waals surface area contributed by atoms with E-state index in [2.05, 4.69) is 159 Å². The van der Waals surface area contributed by atoms with E-state index < -0.39 is 0 Å². The molecule has 5 nitrogen and oxygen atoms in total. The van der Waals surface area contributed by atoms with E-state index in [0.29, 0.717) is 12.1 Å². The first-order valence-corrected chi connectivity index (χ1v) is 16.8. The van der Waals surface area contributed by atoms with Crippen molar-refractivity contribution in [2.75, 3.05) is 0 Å². The number of nitrogens with zero attached hydrogens (tertiary/aromatic N) is 5. The van der Waals surface area contributed by atoms with Crippen LogP contribution in [0, 0.1) is 11.3 Å². The van der Waals surface area contributed by atoms with E-state index in [1.165, 1.54) is 38.0 Å². The van der Waals surface area contributed by atoms with Crippen molar-refractivity contribution in [3.05, 3.63) is 163 Å². The van der Waals surface area contributed by atoms with Gasteiger partial charge in [-0.25, -0.2) is 0 Å². The minimum atomic E-state index is 0.465. The van der Waals surface area contributed by atoms with Crippen LogP contribution in [0.15, 0.2) is 157 Å². The molecule has 0 saturated heterocycles. The minimum Gasteiger partial charge on any atom is -0.309 e. The molecule has 7 aromatic carbocycles. The van der Waals surface area contributed by atoms with Crippen LogP contribution in [0.4, 0.5) is 0 Å². The number of aliphatic imine (C=N–C) groups is 1. The minimum absolute atomic E-state index is 0.465. The van der Waals surface area contributed by atoms with Crippen molar-refractivity contribution in [3.63, 3.8) is 0 Å². The molecule has 0 spiro atoms. The molecule has 0 saturated carbocycles. The van der Waals surface area contributed by atoms with Crippen molar-refractivity contribution >= 4 is 72.1 Å². The molecule has 234 valence electrons. The Labute approximate surface area is 287 Å². The first-order chi connectivity index (χ1) is 24.8. The van der Waals surface area contributed by atoms with Crippen molar-refractivity contribution in [2.24, 2.45) is 4.99 Å². The van der Waals surface area contributed by atoms with Gasteiger partial charge in [0.15, 0.2) is 0 Å². The van der Waals surface area contributed by atoms with Gasteiger partial charge in [0.25, 0.3) is 0 Å². The molecule has 0 fully saturated rings. The molecule has 0 amide bonds. The maximum absolute atomic E-state index is 9.57. The summed E-state index contributed by atoms with van der Waals surface area (Å²) in [5.41, 5.74) is 11.8. The van der Waals surface area contributed by atoms with Gasteiger partial charge in [-0.2, -0.15) is 5.26 Å². The summed E-state index contributed by atoms with van der Waals surface area (Å²) in [7, 11) is 0. The number of fused-ring (bicyclic) bond motifs is 11. The van der Waals surface area contributed by atoms with Crippen LogP contribution in [-0.4, -0.2) is 20.4 Å². The van der Waals surface area contributed by atoms with Crippen LogP contribution < -0.4 is 0 Å². The maximum atomic E-state index is 9.57. The van der Waals surface area contributed by atoms with E-state index in [4.69, 9.17) is 0 Å². The van der Waals surface area contributed by atoms with Gasteiger partial charge in [-0.3, -0.25) is 4.99 Å². The molecule has 0 unspecified atom stereocenters. The number of aromatic nitrogens is 3. The summed E-state index contributed by atoms with van der Waals surface area (Å²) in [6.07, 6.45) is 0. The van der Waals surface area contributed by atoms with Crippen LogP contribution in [0.2, 0.25) is 0 Å². The highest BCUT2D eigenvalue weighted by Crippen LogP contribution is 2.47. The largest absolute Gasteiger partial charge is 0.309 e. The first kappa shape index (κ1) is 28.1. The molecule has 0 aliphatic heterocycles. The van der Waals surface area contributed by atoms with Crippen LogP contribution >= 0.6 is 0 Å². The summed E-state index contributed by atoms with van der Waals surface area (Å²) < 4.78 is 7.20. The maximum Gasteiger partial charge on any atom is 0.0991 e. The van der Waals surface area contributed by atoms with Crippen LogP contribution in [0.25, 0.3) is 82.5 Å². The fourth-order valence-corrected chi connectivity index (χ4v) is 8.16. The molecular weight excluding hydrogens is 611 g/mol. The molecular formula is C45H29N5.